The van der Waals surface area contributed by atoms with Gasteiger partial charge in [-0.1, -0.05) is 13.8 Å². The maximum atomic E-state index is 12.6. The van der Waals surface area contributed by atoms with Crippen molar-refractivity contribution in [3.63, 3.8) is 0 Å². The number of hydrogen-bond acceptors (Lipinski definition) is 3. The SMILES string of the molecule is C[C@@]1(C=O)[C@@H]2[C@H]3[C@@H]4[C@H]1[C@@H]1CC[C@H]5O[C@H]6O[C@@H]7CC[C@H]([C@@H]27)[C@@H]3[C@@]6(C)[C@@H]4[C@H]15. The lowest BCUT2D eigenvalue weighted by molar-refractivity contribution is -0.302. The Labute approximate surface area is 149 Å². The first-order chi connectivity index (χ1) is 12.1. The predicted octanol–water partition coefficient (Wildman–Crippen LogP) is 3.13. The van der Waals surface area contributed by atoms with Gasteiger partial charge in [0.25, 0.3) is 0 Å². The van der Waals surface area contributed by atoms with E-state index in [1.54, 1.807) is 0 Å². The third kappa shape index (κ3) is 1.04. The molecule has 0 N–H and O–H groups in total. The van der Waals surface area contributed by atoms with Crippen molar-refractivity contribution in [1.29, 1.82) is 0 Å². The van der Waals surface area contributed by atoms with E-state index in [9.17, 15) is 4.79 Å². The average molecular weight is 340 g/mol. The summed E-state index contributed by atoms with van der Waals surface area (Å²) < 4.78 is 13.6. The molecule has 0 amide bonds. The molecule has 15 atom stereocenters. The molecule has 0 aromatic carbocycles. The summed E-state index contributed by atoms with van der Waals surface area (Å²) in [5.74, 6) is 7.30. The van der Waals surface area contributed by atoms with Gasteiger partial charge in [-0.2, -0.15) is 0 Å². The second kappa shape index (κ2) is 3.63. The fourth-order valence-electron chi connectivity index (χ4n) is 11.6. The van der Waals surface area contributed by atoms with Crippen molar-refractivity contribution in [3.05, 3.63) is 0 Å². The van der Waals surface area contributed by atoms with Gasteiger partial charge in [0.2, 0.25) is 0 Å². The molecule has 6 saturated carbocycles. The van der Waals surface area contributed by atoms with Crippen LogP contribution in [-0.4, -0.2) is 24.8 Å². The molecular weight excluding hydrogens is 312 g/mol. The predicted molar refractivity (Wildman–Crippen MR) is 89.2 cm³/mol. The van der Waals surface area contributed by atoms with E-state index in [2.05, 4.69) is 13.8 Å². The average Bonchev–Trinajstić information content (AvgIpc) is 3.32. The van der Waals surface area contributed by atoms with Gasteiger partial charge in [0, 0.05) is 10.8 Å². The number of aldehydes is 1. The van der Waals surface area contributed by atoms with Crippen molar-refractivity contribution in [2.24, 2.45) is 70.0 Å². The summed E-state index contributed by atoms with van der Waals surface area (Å²) in [6.07, 6.45) is 7.30. The van der Waals surface area contributed by atoms with E-state index >= 15 is 0 Å². The monoisotopic (exact) mass is 340 g/mol. The summed E-state index contributed by atoms with van der Waals surface area (Å²) in [5.41, 5.74) is 0.134. The minimum atomic E-state index is -0.0932. The maximum Gasteiger partial charge on any atom is 0.164 e. The minimum absolute atomic E-state index is 0.0492. The molecule has 3 nitrogen and oxygen atoms in total. The Kier molecular flexibility index (Phi) is 1.99. The third-order valence-corrected chi connectivity index (χ3v) is 11.5. The molecule has 0 aromatic heterocycles. The van der Waals surface area contributed by atoms with Gasteiger partial charge in [-0.25, -0.2) is 0 Å². The molecule has 25 heavy (non-hydrogen) atoms. The summed E-state index contributed by atoms with van der Waals surface area (Å²) >= 11 is 0. The van der Waals surface area contributed by atoms with Crippen LogP contribution in [0.3, 0.4) is 0 Å². The largest absolute Gasteiger partial charge is 0.349 e. The van der Waals surface area contributed by atoms with Crippen molar-refractivity contribution in [2.45, 2.75) is 58.0 Å². The molecule has 0 aromatic rings. The quantitative estimate of drug-likeness (QED) is 0.688. The van der Waals surface area contributed by atoms with Crippen LogP contribution in [0.4, 0.5) is 0 Å². The number of rotatable bonds is 1. The second-order valence-electron chi connectivity index (χ2n) is 11.4. The molecular formula is C22H28O3. The standard InChI is InChI=1S/C22H28O3/c1-21(7-23)16-8-3-5-11-13(8)19-14(16)15-17-9-4-6-10(12(9)18(15)21)24-20(25-11)22(17,19)2/h7-20H,3-6H2,1-2H3/t8-,9-,10-,11-,12-,13-,14-,15+,16-,17+,18+,19-,20-,21+,22+/m1/s1. The highest BCUT2D eigenvalue weighted by molar-refractivity contribution is 5.63. The zero-order valence-electron chi connectivity index (χ0n) is 15.1. The first kappa shape index (κ1) is 13.7. The molecule has 0 radical (unpaired) electrons. The lowest BCUT2D eigenvalue weighted by Gasteiger charge is -2.52. The molecule has 6 aliphatic carbocycles. The highest BCUT2D eigenvalue weighted by atomic mass is 16.7. The van der Waals surface area contributed by atoms with Gasteiger partial charge < -0.3 is 14.3 Å². The van der Waals surface area contributed by atoms with Crippen LogP contribution in [0, 0.1) is 70.0 Å². The van der Waals surface area contributed by atoms with Crippen LogP contribution in [0.25, 0.3) is 0 Å². The molecule has 0 unspecified atom stereocenters. The molecule has 3 heteroatoms. The molecule has 2 saturated heterocycles. The molecule has 0 spiro atoms. The molecule has 8 fully saturated rings. The molecule has 2 aliphatic heterocycles. The van der Waals surface area contributed by atoms with Gasteiger partial charge in [-0.05, 0) is 84.9 Å². The van der Waals surface area contributed by atoms with Crippen LogP contribution >= 0.6 is 0 Å². The summed E-state index contributed by atoms with van der Waals surface area (Å²) in [6.45, 7) is 4.92. The van der Waals surface area contributed by atoms with Crippen molar-refractivity contribution in [3.8, 4) is 0 Å². The number of fused-ring (bicyclic) bond motifs is 1. The Morgan fingerprint density at radius 2 is 1.36 bits per heavy atom. The summed E-state index contributed by atoms with van der Waals surface area (Å²) in [5, 5.41) is 0. The van der Waals surface area contributed by atoms with E-state index in [1.807, 2.05) is 0 Å². The lowest BCUT2D eigenvalue weighted by Crippen LogP contribution is -2.55. The topological polar surface area (TPSA) is 35.5 Å². The fourth-order valence-corrected chi connectivity index (χ4v) is 11.6. The van der Waals surface area contributed by atoms with E-state index in [0.29, 0.717) is 30.0 Å². The van der Waals surface area contributed by atoms with Crippen molar-refractivity contribution >= 4 is 6.29 Å². The Balaban J connectivity index is 1.48. The van der Waals surface area contributed by atoms with E-state index in [-0.39, 0.29) is 17.1 Å². The van der Waals surface area contributed by atoms with E-state index in [4.69, 9.17) is 9.47 Å². The zero-order valence-corrected chi connectivity index (χ0v) is 15.1. The van der Waals surface area contributed by atoms with Gasteiger partial charge in [0.05, 0.1) is 12.2 Å². The Morgan fingerprint density at radius 1 is 0.760 bits per heavy atom. The fraction of sp³-hybridized carbons (Fsp3) is 0.955. The number of hydrogen-bond donors (Lipinski definition) is 0. The van der Waals surface area contributed by atoms with Crippen molar-refractivity contribution in [1.82, 2.24) is 0 Å². The molecule has 134 valence electrons. The Hall–Kier alpha value is -0.410. The highest BCUT2D eigenvalue weighted by Crippen LogP contribution is 2.87. The van der Waals surface area contributed by atoms with Gasteiger partial charge in [-0.15, -0.1) is 0 Å². The van der Waals surface area contributed by atoms with Gasteiger partial charge >= 0.3 is 0 Å². The van der Waals surface area contributed by atoms with Gasteiger partial charge in [0.1, 0.15) is 6.29 Å². The highest BCUT2D eigenvalue weighted by Gasteiger charge is 2.86. The summed E-state index contributed by atoms with van der Waals surface area (Å²) in [4.78, 5) is 12.6. The minimum Gasteiger partial charge on any atom is -0.349 e. The van der Waals surface area contributed by atoms with Gasteiger partial charge in [-0.3, -0.25) is 0 Å². The summed E-state index contributed by atoms with van der Waals surface area (Å²) in [7, 11) is 0. The molecule has 2 heterocycles. The zero-order chi connectivity index (χ0) is 16.5. The first-order valence-corrected chi connectivity index (χ1v) is 10.9. The van der Waals surface area contributed by atoms with Crippen molar-refractivity contribution < 1.29 is 14.3 Å². The van der Waals surface area contributed by atoms with Crippen LogP contribution in [0.5, 0.6) is 0 Å². The van der Waals surface area contributed by atoms with Crippen molar-refractivity contribution in [2.75, 3.05) is 0 Å². The number of carbonyl (C=O) groups excluding carboxylic acids is 1. The van der Waals surface area contributed by atoms with Crippen LogP contribution in [0.2, 0.25) is 0 Å². The summed E-state index contributed by atoms with van der Waals surface area (Å²) in [6, 6.07) is 0. The third-order valence-electron chi connectivity index (χ3n) is 11.5. The lowest BCUT2D eigenvalue weighted by atomic mass is 9.62. The number of carbonyl (C=O) groups is 1. The van der Waals surface area contributed by atoms with Gasteiger partial charge in [0.15, 0.2) is 6.29 Å². The smallest absolute Gasteiger partial charge is 0.164 e. The first-order valence-electron chi connectivity index (χ1n) is 10.9. The van der Waals surface area contributed by atoms with Crippen LogP contribution < -0.4 is 0 Å². The van der Waals surface area contributed by atoms with Crippen LogP contribution in [0.15, 0.2) is 0 Å². The van der Waals surface area contributed by atoms with Crippen LogP contribution in [-0.2, 0) is 14.3 Å². The Morgan fingerprint density at radius 3 is 2.04 bits per heavy atom. The normalized spacial score (nSPS) is 77.9. The molecule has 8 aliphatic rings. The molecule has 8 rings (SSSR count). The van der Waals surface area contributed by atoms with Crippen LogP contribution in [0.1, 0.15) is 39.5 Å². The molecule has 4 bridgehead atoms. The second-order valence-corrected chi connectivity index (χ2v) is 11.4. The Bertz CT molecular complexity index is 720. The van der Waals surface area contributed by atoms with E-state index in [1.165, 1.54) is 32.0 Å². The maximum absolute atomic E-state index is 12.6. The van der Waals surface area contributed by atoms with E-state index in [0.717, 1.165) is 41.4 Å². The number of ether oxygens (including phenoxy) is 2. The van der Waals surface area contributed by atoms with E-state index < -0.39 is 0 Å².